The fraction of sp³-hybridized carbons (Fsp3) is 0.200. The average Bonchev–Trinajstić information content (AvgIpc) is 2.14. The van der Waals surface area contributed by atoms with E-state index in [9.17, 15) is 8.78 Å². The van der Waals surface area contributed by atoms with Crippen molar-refractivity contribution in [1.82, 2.24) is 0 Å². The Kier molecular flexibility index (Phi) is 3.59. The summed E-state index contributed by atoms with van der Waals surface area (Å²) in [5.41, 5.74) is 10.4. The number of hydrogen-bond acceptors (Lipinski definition) is 2. The van der Waals surface area contributed by atoms with Crippen LogP contribution in [0.5, 0.6) is 0 Å². The number of halogens is 2. The van der Waals surface area contributed by atoms with Crippen LogP contribution in [-0.2, 0) is 0 Å². The van der Waals surface area contributed by atoms with Crippen molar-refractivity contribution >= 4 is 11.8 Å². The quantitative estimate of drug-likeness (QED) is 0.729. The van der Waals surface area contributed by atoms with Crippen LogP contribution < -0.4 is 11.5 Å². The number of benzene rings is 1. The van der Waals surface area contributed by atoms with E-state index in [-0.39, 0.29) is 0 Å². The van der Waals surface area contributed by atoms with Gasteiger partial charge in [-0.3, -0.25) is 0 Å². The lowest BCUT2D eigenvalue weighted by molar-refractivity contribution is 0.591. The molecule has 0 saturated carbocycles. The van der Waals surface area contributed by atoms with E-state index >= 15 is 0 Å². The fourth-order valence-corrected chi connectivity index (χ4v) is 1.02. The molecular weight excluding hydrogens is 186 g/mol. The van der Waals surface area contributed by atoms with E-state index in [0.29, 0.717) is 18.5 Å². The molecule has 0 aromatic heterocycles. The van der Waals surface area contributed by atoms with Gasteiger partial charge < -0.3 is 11.5 Å². The number of rotatable bonds is 3. The van der Waals surface area contributed by atoms with Gasteiger partial charge in [0.15, 0.2) is 0 Å². The van der Waals surface area contributed by atoms with Crippen LogP contribution >= 0.6 is 0 Å². The van der Waals surface area contributed by atoms with Gasteiger partial charge >= 0.3 is 0 Å². The van der Waals surface area contributed by atoms with Crippen LogP contribution in [0.2, 0.25) is 0 Å². The van der Waals surface area contributed by atoms with Crippen LogP contribution in [0, 0.1) is 11.6 Å². The molecule has 0 atom stereocenters. The molecule has 0 amide bonds. The maximum Gasteiger partial charge on any atom is 0.149 e. The zero-order chi connectivity index (χ0) is 10.6. The maximum absolute atomic E-state index is 12.9. The van der Waals surface area contributed by atoms with E-state index in [2.05, 4.69) is 0 Å². The second-order valence-corrected chi connectivity index (χ2v) is 2.88. The molecule has 1 aromatic rings. The van der Waals surface area contributed by atoms with Gasteiger partial charge in [0.2, 0.25) is 0 Å². The average molecular weight is 198 g/mol. The zero-order valence-electron chi connectivity index (χ0n) is 7.63. The Morgan fingerprint density at radius 2 is 1.79 bits per heavy atom. The van der Waals surface area contributed by atoms with Crippen LogP contribution in [-0.4, -0.2) is 6.54 Å². The SMILES string of the molecule is NCCC=Cc1cc(F)c(N)c(F)c1. The number of anilines is 1. The van der Waals surface area contributed by atoms with Crippen molar-refractivity contribution in [1.29, 1.82) is 0 Å². The van der Waals surface area contributed by atoms with Crippen LogP contribution in [0.15, 0.2) is 18.2 Å². The summed E-state index contributed by atoms with van der Waals surface area (Å²) in [6, 6.07) is 2.37. The van der Waals surface area contributed by atoms with Crippen molar-refractivity contribution in [3.8, 4) is 0 Å². The molecule has 0 fully saturated rings. The van der Waals surface area contributed by atoms with Gasteiger partial charge in [-0.05, 0) is 30.7 Å². The van der Waals surface area contributed by atoms with Gasteiger partial charge in [0, 0.05) is 0 Å². The molecule has 76 valence electrons. The summed E-state index contributed by atoms with van der Waals surface area (Å²) in [5.74, 6) is -1.48. The highest BCUT2D eigenvalue weighted by Gasteiger charge is 2.05. The Hall–Kier alpha value is -1.42. The topological polar surface area (TPSA) is 52.0 Å². The molecule has 0 radical (unpaired) electrons. The summed E-state index contributed by atoms with van der Waals surface area (Å²) >= 11 is 0. The largest absolute Gasteiger partial charge is 0.394 e. The second-order valence-electron chi connectivity index (χ2n) is 2.88. The molecule has 4 N–H and O–H groups in total. The molecular formula is C10H12F2N2. The first-order valence-corrected chi connectivity index (χ1v) is 4.26. The third-order valence-corrected chi connectivity index (χ3v) is 1.75. The second kappa shape index (κ2) is 4.72. The first-order chi connectivity index (χ1) is 6.65. The minimum Gasteiger partial charge on any atom is -0.394 e. The Balaban J connectivity index is 2.89. The molecule has 1 rings (SSSR count). The maximum atomic E-state index is 12.9. The summed E-state index contributed by atoms with van der Waals surface area (Å²) in [6.07, 6.45) is 4.04. The molecule has 0 saturated heterocycles. The first kappa shape index (κ1) is 10.7. The monoisotopic (exact) mass is 198 g/mol. The molecule has 14 heavy (non-hydrogen) atoms. The number of nitrogens with two attached hydrogens (primary N) is 2. The van der Waals surface area contributed by atoms with Gasteiger partial charge in [0.05, 0.1) is 0 Å². The van der Waals surface area contributed by atoms with E-state index in [4.69, 9.17) is 11.5 Å². The lowest BCUT2D eigenvalue weighted by Gasteiger charge is -2.00. The van der Waals surface area contributed by atoms with Crippen molar-refractivity contribution < 1.29 is 8.78 Å². The summed E-state index contributed by atoms with van der Waals surface area (Å²) in [7, 11) is 0. The summed E-state index contributed by atoms with van der Waals surface area (Å²) in [6.45, 7) is 0.510. The van der Waals surface area contributed by atoms with Crippen molar-refractivity contribution in [3.63, 3.8) is 0 Å². The molecule has 0 heterocycles. The molecule has 0 spiro atoms. The van der Waals surface area contributed by atoms with E-state index in [1.54, 1.807) is 12.2 Å². The smallest absolute Gasteiger partial charge is 0.149 e. The van der Waals surface area contributed by atoms with Crippen LogP contribution in [0.1, 0.15) is 12.0 Å². The van der Waals surface area contributed by atoms with Gasteiger partial charge in [-0.25, -0.2) is 8.78 Å². The van der Waals surface area contributed by atoms with Crippen molar-refractivity contribution in [3.05, 3.63) is 35.4 Å². The summed E-state index contributed by atoms with van der Waals surface area (Å²) < 4.78 is 25.9. The molecule has 4 heteroatoms. The molecule has 0 bridgehead atoms. The van der Waals surface area contributed by atoms with Crippen LogP contribution in [0.3, 0.4) is 0 Å². The number of nitrogen functional groups attached to an aromatic ring is 1. The Labute approximate surface area is 81.2 Å². The van der Waals surface area contributed by atoms with Gasteiger partial charge in [0.25, 0.3) is 0 Å². The number of hydrogen-bond donors (Lipinski definition) is 2. The standard InChI is InChI=1S/C10H12F2N2/c11-8-5-7(3-1-2-4-13)6-9(12)10(8)14/h1,3,5-6H,2,4,13-14H2. The zero-order valence-corrected chi connectivity index (χ0v) is 7.63. The van der Waals surface area contributed by atoms with Crippen LogP contribution in [0.25, 0.3) is 6.08 Å². The summed E-state index contributed by atoms with van der Waals surface area (Å²) in [4.78, 5) is 0. The highest BCUT2D eigenvalue weighted by Crippen LogP contribution is 2.18. The van der Waals surface area contributed by atoms with Gasteiger partial charge in [-0.1, -0.05) is 12.2 Å². The highest BCUT2D eigenvalue weighted by atomic mass is 19.1. The van der Waals surface area contributed by atoms with E-state index in [1.807, 2.05) is 0 Å². The lowest BCUT2D eigenvalue weighted by Crippen LogP contribution is -1.96. The molecule has 0 aliphatic heterocycles. The third kappa shape index (κ3) is 2.53. The third-order valence-electron chi connectivity index (χ3n) is 1.75. The van der Waals surface area contributed by atoms with Gasteiger partial charge in [0.1, 0.15) is 17.3 Å². The van der Waals surface area contributed by atoms with Crippen molar-refractivity contribution in [2.45, 2.75) is 6.42 Å². The van der Waals surface area contributed by atoms with E-state index in [1.165, 1.54) is 12.1 Å². The lowest BCUT2D eigenvalue weighted by atomic mass is 10.1. The normalized spacial score (nSPS) is 11.1. The molecule has 1 aromatic carbocycles. The Bertz CT molecular complexity index is 325. The van der Waals surface area contributed by atoms with Crippen molar-refractivity contribution in [2.24, 2.45) is 5.73 Å². The minimum atomic E-state index is -0.739. The molecule has 2 nitrogen and oxygen atoms in total. The van der Waals surface area contributed by atoms with Crippen molar-refractivity contribution in [2.75, 3.05) is 12.3 Å². The molecule has 0 aliphatic carbocycles. The van der Waals surface area contributed by atoms with Crippen LogP contribution in [0.4, 0.5) is 14.5 Å². The predicted molar refractivity (Wildman–Crippen MR) is 53.5 cm³/mol. The fourth-order valence-electron chi connectivity index (χ4n) is 1.02. The molecule has 0 aliphatic rings. The van der Waals surface area contributed by atoms with Gasteiger partial charge in [-0.15, -0.1) is 0 Å². The summed E-state index contributed by atoms with van der Waals surface area (Å²) in [5, 5.41) is 0. The minimum absolute atomic E-state index is 0.444. The van der Waals surface area contributed by atoms with Gasteiger partial charge in [-0.2, -0.15) is 0 Å². The predicted octanol–water partition coefficient (Wildman–Crippen LogP) is 1.91. The van der Waals surface area contributed by atoms with E-state index in [0.717, 1.165) is 0 Å². The first-order valence-electron chi connectivity index (χ1n) is 4.26. The highest BCUT2D eigenvalue weighted by molar-refractivity contribution is 5.54. The Morgan fingerprint density at radius 3 is 2.29 bits per heavy atom. The molecule has 0 unspecified atom stereocenters. The Morgan fingerprint density at radius 1 is 1.21 bits per heavy atom. The van der Waals surface area contributed by atoms with E-state index < -0.39 is 17.3 Å².